The smallest absolute Gasteiger partial charge is 0.327 e. The van der Waals surface area contributed by atoms with Crippen LogP contribution in [0.4, 0.5) is 0 Å². The first-order valence-corrected chi connectivity index (χ1v) is 7.67. The molecule has 0 spiro atoms. The van der Waals surface area contributed by atoms with Crippen LogP contribution in [-0.2, 0) is 19.1 Å². The van der Waals surface area contributed by atoms with E-state index >= 15 is 0 Å². The number of hydrogen-bond donors (Lipinski definition) is 0. The van der Waals surface area contributed by atoms with Gasteiger partial charge in [0, 0.05) is 5.92 Å². The van der Waals surface area contributed by atoms with Crippen molar-refractivity contribution in [2.45, 2.75) is 58.7 Å². The van der Waals surface area contributed by atoms with Gasteiger partial charge in [0.2, 0.25) is 0 Å². The molecule has 3 rings (SSSR count). The second-order valence-electron chi connectivity index (χ2n) is 7.28. The minimum absolute atomic E-state index is 0.115. The van der Waals surface area contributed by atoms with Crippen LogP contribution in [0.1, 0.15) is 46.5 Å². The van der Waals surface area contributed by atoms with Gasteiger partial charge < -0.3 is 9.47 Å². The summed E-state index contributed by atoms with van der Waals surface area (Å²) >= 11 is 0. The van der Waals surface area contributed by atoms with Crippen molar-refractivity contribution in [1.29, 1.82) is 5.26 Å². The van der Waals surface area contributed by atoms with Crippen molar-refractivity contribution >= 4 is 11.9 Å². The van der Waals surface area contributed by atoms with E-state index in [1.54, 1.807) is 0 Å². The van der Waals surface area contributed by atoms with Gasteiger partial charge in [-0.15, -0.1) is 0 Å². The van der Waals surface area contributed by atoms with Gasteiger partial charge >= 0.3 is 11.9 Å². The molecular weight excluding hydrogens is 270 g/mol. The fourth-order valence-electron chi connectivity index (χ4n) is 3.92. The molecule has 3 aliphatic rings. The van der Waals surface area contributed by atoms with Crippen molar-refractivity contribution in [2.75, 3.05) is 0 Å². The molecule has 114 valence electrons. The van der Waals surface area contributed by atoms with Crippen molar-refractivity contribution in [2.24, 2.45) is 22.7 Å². The summed E-state index contributed by atoms with van der Waals surface area (Å²) in [5, 5.41) is 9.44. The number of esters is 2. The zero-order valence-corrected chi connectivity index (χ0v) is 12.7. The molecule has 5 nitrogen and oxygen atoms in total. The lowest BCUT2D eigenvalue weighted by Crippen LogP contribution is -2.42. The van der Waals surface area contributed by atoms with E-state index in [1.165, 1.54) is 0 Å². The maximum atomic E-state index is 12.3. The minimum Gasteiger partial charge on any atom is -0.458 e. The van der Waals surface area contributed by atoms with Crippen molar-refractivity contribution < 1.29 is 19.1 Å². The Hall–Kier alpha value is -1.57. The Morgan fingerprint density at radius 2 is 2.24 bits per heavy atom. The summed E-state index contributed by atoms with van der Waals surface area (Å²) in [7, 11) is 0. The summed E-state index contributed by atoms with van der Waals surface area (Å²) in [6.07, 6.45) is 1.94. The molecule has 1 saturated heterocycles. The van der Waals surface area contributed by atoms with E-state index in [2.05, 4.69) is 6.07 Å². The molecule has 0 aromatic rings. The molecule has 2 aliphatic carbocycles. The predicted molar refractivity (Wildman–Crippen MR) is 72.7 cm³/mol. The Kier molecular flexibility index (Phi) is 3.05. The lowest BCUT2D eigenvalue weighted by Gasteiger charge is -2.34. The first kappa shape index (κ1) is 14.4. The molecule has 0 aromatic carbocycles. The molecule has 5 atom stereocenters. The number of fused-ring (bicyclic) bond motifs is 1. The average molecular weight is 291 g/mol. The second kappa shape index (κ2) is 4.46. The monoisotopic (exact) mass is 291 g/mol. The average Bonchev–Trinajstić information content (AvgIpc) is 2.90. The molecular formula is C16H21NO4. The molecule has 0 N–H and O–H groups in total. The molecule has 0 radical (unpaired) electrons. The van der Waals surface area contributed by atoms with E-state index in [4.69, 9.17) is 9.47 Å². The maximum Gasteiger partial charge on any atom is 0.327 e. The van der Waals surface area contributed by atoms with Gasteiger partial charge in [0.25, 0.3) is 0 Å². The second-order valence-corrected chi connectivity index (χ2v) is 7.28. The fraction of sp³-hybridized carbons (Fsp3) is 0.812. The van der Waals surface area contributed by atoms with Crippen LogP contribution in [0.25, 0.3) is 0 Å². The molecule has 3 fully saturated rings. The number of hydrogen-bond acceptors (Lipinski definition) is 5. The number of ether oxygens (including phenoxy) is 2. The molecule has 5 unspecified atom stereocenters. The highest BCUT2D eigenvalue weighted by Crippen LogP contribution is 2.59. The summed E-state index contributed by atoms with van der Waals surface area (Å²) in [5.74, 6) is -0.502. The van der Waals surface area contributed by atoms with E-state index in [1.807, 2.05) is 20.8 Å². The van der Waals surface area contributed by atoms with Gasteiger partial charge in [-0.05, 0) is 45.4 Å². The Morgan fingerprint density at radius 3 is 2.86 bits per heavy atom. The zero-order chi connectivity index (χ0) is 15.4. The van der Waals surface area contributed by atoms with Gasteiger partial charge in [-0.2, -0.15) is 5.26 Å². The summed E-state index contributed by atoms with van der Waals surface area (Å²) in [6.45, 7) is 5.65. The number of carbonyl (C=O) groups is 2. The number of carbonyl (C=O) groups excluding carboxylic acids is 2. The lowest BCUT2D eigenvalue weighted by molar-refractivity contribution is -0.176. The normalized spacial score (nSPS) is 40.6. The third-order valence-electron chi connectivity index (χ3n) is 5.66. The number of nitrogens with zero attached hydrogens (tertiary/aromatic N) is 1. The van der Waals surface area contributed by atoms with Gasteiger partial charge in [-0.25, -0.2) is 0 Å². The Balaban J connectivity index is 1.81. The van der Waals surface area contributed by atoms with E-state index < -0.39 is 29.0 Å². The molecule has 1 aliphatic heterocycles. The zero-order valence-electron chi connectivity index (χ0n) is 12.7. The van der Waals surface area contributed by atoms with Crippen LogP contribution < -0.4 is 0 Å². The SMILES string of the molecule is CCC(C)(C)C(=O)OC1CC2CC3C1OC(=O)C3(C#N)C2. The molecule has 0 amide bonds. The molecule has 2 bridgehead atoms. The van der Waals surface area contributed by atoms with Crippen LogP contribution in [0, 0.1) is 34.0 Å². The fourth-order valence-corrected chi connectivity index (χ4v) is 3.92. The lowest BCUT2D eigenvalue weighted by atomic mass is 9.77. The molecule has 1 heterocycles. The van der Waals surface area contributed by atoms with Gasteiger partial charge in [0.05, 0.1) is 11.5 Å². The molecule has 5 heteroatoms. The standard InChI is InChI=1S/C16H21NO4/c1-4-15(2,3)13(18)20-11-6-9-5-10-12(11)21-14(19)16(10,7-9)8-17/h9-12H,4-7H2,1-3H3. The minimum atomic E-state index is -0.989. The first-order chi connectivity index (χ1) is 9.84. The van der Waals surface area contributed by atoms with Crippen molar-refractivity contribution in [3.63, 3.8) is 0 Å². The number of rotatable bonds is 3. The highest BCUT2D eigenvalue weighted by atomic mass is 16.6. The van der Waals surface area contributed by atoms with Crippen LogP contribution >= 0.6 is 0 Å². The van der Waals surface area contributed by atoms with Crippen LogP contribution in [0.5, 0.6) is 0 Å². The largest absolute Gasteiger partial charge is 0.458 e. The van der Waals surface area contributed by atoms with E-state index in [0.29, 0.717) is 19.3 Å². The summed E-state index contributed by atoms with van der Waals surface area (Å²) in [4.78, 5) is 24.4. The van der Waals surface area contributed by atoms with Crippen LogP contribution in [0.3, 0.4) is 0 Å². The van der Waals surface area contributed by atoms with E-state index in [9.17, 15) is 14.9 Å². The Labute approximate surface area is 124 Å². The summed E-state index contributed by atoms with van der Waals surface area (Å²) < 4.78 is 11.1. The van der Waals surface area contributed by atoms with Crippen LogP contribution in [-0.4, -0.2) is 24.1 Å². The molecule has 2 saturated carbocycles. The van der Waals surface area contributed by atoms with E-state index in [0.717, 1.165) is 6.42 Å². The third-order valence-corrected chi connectivity index (χ3v) is 5.66. The van der Waals surface area contributed by atoms with Crippen LogP contribution in [0.15, 0.2) is 0 Å². The third kappa shape index (κ3) is 1.88. The highest BCUT2D eigenvalue weighted by Gasteiger charge is 2.68. The van der Waals surface area contributed by atoms with Crippen molar-refractivity contribution in [3.8, 4) is 6.07 Å². The van der Waals surface area contributed by atoms with Gasteiger partial charge in [0.15, 0.2) is 5.41 Å². The van der Waals surface area contributed by atoms with Crippen LogP contribution in [0.2, 0.25) is 0 Å². The van der Waals surface area contributed by atoms with Gasteiger partial charge in [-0.3, -0.25) is 9.59 Å². The molecule has 21 heavy (non-hydrogen) atoms. The topological polar surface area (TPSA) is 76.4 Å². The van der Waals surface area contributed by atoms with E-state index in [-0.39, 0.29) is 17.8 Å². The Morgan fingerprint density at radius 1 is 1.52 bits per heavy atom. The maximum absolute atomic E-state index is 12.3. The molecule has 0 aromatic heterocycles. The summed E-state index contributed by atoms with van der Waals surface area (Å²) in [6, 6.07) is 2.19. The van der Waals surface area contributed by atoms with Gasteiger partial charge in [-0.1, -0.05) is 6.92 Å². The van der Waals surface area contributed by atoms with Crippen molar-refractivity contribution in [3.05, 3.63) is 0 Å². The first-order valence-electron chi connectivity index (χ1n) is 7.67. The van der Waals surface area contributed by atoms with Crippen molar-refractivity contribution in [1.82, 2.24) is 0 Å². The van der Waals surface area contributed by atoms with Gasteiger partial charge in [0.1, 0.15) is 12.2 Å². The number of nitriles is 1. The summed E-state index contributed by atoms with van der Waals surface area (Å²) in [5.41, 5.74) is -1.53. The Bertz CT molecular complexity index is 535. The quantitative estimate of drug-likeness (QED) is 0.745. The highest BCUT2D eigenvalue weighted by molar-refractivity contribution is 5.84. The predicted octanol–water partition coefficient (Wildman–Crippen LogP) is 2.20.